The van der Waals surface area contributed by atoms with Gasteiger partial charge in [0.1, 0.15) is 5.69 Å². The molecular formula is C103H145N23O14S6. The highest BCUT2D eigenvalue weighted by Gasteiger charge is 2.32. The number of sulfone groups is 4. The summed E-state index contributed by atoms with van der Waals surface area (Å²) in [5, 5.41) is 74.2. The zero-order valence-electron chi connectivity index (χ0n) is 86.5. The zero-order chi connectivity index (χ0) is 105. The smallest absolute Gasteiger partial charge is 0.241 e. The number of nitrogens with zero attached hydrogens (tertiary/aromatic N) is 19. The average Bonchev–Trinajstić information content (AvgIpc) is 1.53. The Morgan fingerprint density at radius 3 is 0.911 bits per heavy atom. The van der Waals surface area contributed by atoms with Crippen LogP contribution in [0.5, 0.6) is 0 Å². The minimum absolute atomic E-state index is 0.0886. The molecule has 0 atom stereocenters. The number of aryl methyl sites for hydroxylation is 3. The molecule has 6 heterocycles. The van der Waals surface area contributed by atoms with Gasteiger partial charge in [0.15, 0.2) is 39.3 Å². The number of hydrogen-bond donors (Lipinski definition) is 5. The fraction of sp³-hybridized carbons (Fsp3) is 0.573. The van der Waals surface area contributed by atoms with Crippen molar-refractivity contribution in [1.82, 2.24) is 116 Å². The van der Waals surface area contributed by atoms with Crippen LogP contribution in [0.2, 0.25) is 0 Å². The van der Waals surface area contributed by atoms with Crippen LogP contribution in [0.4, 0.5) is 0 Å². The van der Waals surface area contributed by atoms with Crippen LogP contribution in [0.3, 0.4) is 0 Å². The molecule has 6 saturated carbocycles. The third-order valence-electron chi connectivity index (χ3n) is 27.7. The number of aliphatic hydroxyl groups excluding tert-OH is 1. The zero-order valence-corrected chi connectivity index (χ0v) is 91.4. The SMILES string of the molecule is CC(C)(C)NS(=O)(=O)c1ccc(CC2CCCCC2)c(-c2nn[nH]n2)c1.CC(C)(C)NS(=O)(=O)c1ccc(CC2CCCCC2)c(-c2nnn(CCO)n2)c1.CS(=O)(=O)c1ccc(CC2CCCCC2)c(-c2nn[nH]n2)c1.Cc1nc(-c2cc(S(C)(=O)=O)ccc2CC2CCCCC2)no1.Cn1cc(-c2cc(S(C)(=O)=O)ccc2CC2CCCCC2)nn1.Cn1nnc(-c2cc(S(C)(=O)=O)ccc2CC2CCCCC2)n1. The number of benzene rings is 6. The number of H-pyrrole nitrogens is 2. The maximum absolute atomic E-state index is 12.8. The van der Waals surface area contributed by atoms with Gasteiger partial charge in [-0.3, -0.25) is 4.68 Å². The van der Waals surface area contributed by atoms with E-state index in [4.69, 9.17) is 9.63 Å². The summed E-state index contributed by atoms with van der Waals surface area (Å²) in [6, 6.07) is 31.6. The molecule has 6 aromatic carbocycles. The standard InChI is InChI=1S/C20H31N5O3S.C18H27N5O2S.C17H23N3O2S.C17H22N2O3S.C16H22N4O2S.C15H20N4O2S/c1-20(2,3)23-29(27,28)17-10-9-16(13-15-7-5-4-6-8-15)18(14-17)19-21-24-25(22-19)11-12-26;1-18(2,3)21-26(24,25)15-10-9-14(11-13-7-5-4-6-8-13)16(12-15)17-19-22-23-20-17;1-20-12-17(18-19-20)16-11-15(23(2,21)22)9-8-14(16)10-13-6-4-3-5-7-13;1-12-18-17(19-22-12)16-11-15(23(2,20)21)9-8-14(16)10-13-6-4-3-5-7-13;1-20-18-16(17-19-20)15-11-14(23(2,21)22)9-8-13(15)10-12-6-4-3-5-7-12;1-22(20,21)13-8-7-12(9-11-5-3-2-4-6-11)14(10-13)15-16-18-19-17-15/h9-10,14-15,23,26H,4-8,11-13H2,1-3H3;9-10,12-13,21H,4-8,11H2,1-3H3,(H,19,20,22,23);8-9,11-13H,3-7,10H2,1-2H3;8-9,11,13H,3-7,10H2,1-2H3;8-9,11-12H,3-7,10H2,1-2H3;7-8,10-11H,2-6,9H2,1H3,(H,16,17,18,19). The van der Waals surface area contributed by atoms with Gasteiger partial charge in [0, 0.05) is 83.5 Å². The molecule has 0 bridgehead atoms. The molecule has 0 spiro atoms. The minimum atomic E-state index is -3.67. The molecule has 43 heteroatoms. The quantitative estimate of drug-likeness (QED) is 0.0304. The second-order valence-electron chi connectivity index (χ2n) is 42.4. The highest BCUT2D eigenvalue weighted by atomic mass is 32.2. The summed E-state index contributed by atoms with van der Waals surface area (Å²) in [7, 11) is -16.8. The van der Waals surface area contributed by atoms with Crippen LogP contribution in [0.1, 0.15) is 273 Å². The maximum Gasteiger partial charge on any atom is 0.241 e. The second-order valence-corrected chi connectivity index (χ2v) is 53.8. The van der Waals surface area contributed by atoms with Crippen molar-refractivity contribution in [2.45, 2.75) is 327 Å². The summed E-state index contributed by atoms with van der Waals surface area (Å²) in [4.78, 5) is 8.64. The van der Waals surface area contributed by atoms with Gasteiger partial charge in [0.2, 0.25) is 55.1 Å². The van der Waals surface area contributed by atoms with Gasteiger partial charge in [-0.25, -0.2) is 60.0 Å². The van der Waals surface area contributed by atoms with Gasteiger partial charge in [-0.05, 0) is 243 Å². The Hall–Kier alpha value is -10.5. The van der Waals surface area contributed by atoms with Crippen molar-refractivity contribution in [3.8, 4) is 68.2 Å². The molecule has 12 aromatic rings. The predicted molar refractivity (Wildman–Crippen MR) is 559 cm³/mol. The number of aliphatic hydroxyl groups is 1. The van der Waals surface area contributed by atoms with E-state index in [2.05, 4.69) is 102 Å². The molecule has 146 heavy (non-hydrogen) atoms. The molecule has 792 valence electrons. The Morgan fingerprint density at radius 1 is 0.356 bits per heavy atom. The number of tetrazole rings is 4. The lowest BCUT2D eigenvalue weighted by molar-refractivity contribution is 0.259. The summed E-state index contributed by atoms with van der Waals surface area (Å²) in [6.45, 7) is 12.8. The Morgan fingerprint density at radius 2 is 0.644 bits per heavy atom. The van der Waals surface area contributed by atoms with E-state index in [0.717, 1.165) is 99.9 Å². The molecule has 6 fully saturated rings. The fourth-order valence-electron chi connectivity index (χ4n) is 20.4. The number of rotatable bonds is 28. The maximum atomic E-state index is 12.8. The van der Waals surface area contributed by atoms with Crippen LogP contribution in [0, 0.1) is 42.4 Å². The molecule has 6 aromatic heterocycles. The summed E-state index contributed by atoms with van der Waals surface area (Å²) in [6.07, 6.45) is 50.3. The minimum Gasteiger partial charge on any atom is -0.394 e. The summed E-state index contributed by atoms with van der Waals surface area (Å²) in [5.74, 6) is 6.58. The van der Waals surface area contributed by atoms with Crippen molar-refractivity contribution in [3.63, 3.8) is 0 Å². The van der Waals surface area contributed by atoms with Gasteiger partial charge in [-0.1, -0.05) is 239 Å². The lowest BCUT2D eigenvalue weighted by Gasteiger charge is -2.23. The van der Waals surface area contributed by atoms with Gasteiger partial charge in [-0.2, -0.15) is 25.0 Å². The van der Waals surface area contributed by atoms with Crippen molar-refractivity contribution >= 4 is 59.4 Å². The predicted octanol–water partition coefficient (Wildman–Crippen LogP) is 17.0. The second kappa shape index (κ2) is 50.6. The van der Waals surface area contributed by atoms with E-state index in [1.165, 1.54) is 233 Å². The van der Waals surface area contributed by atoms with Crippen molar-refractivity contribution in [3.05, 3.63) is 155 Å². The van der Waals surface area contributed by atoms with Crippen LogP contribution >= 0.6 is 0 Å². The fourth-order valence-corrected chi connectivity index (χ4v) is 25.9. The van der Waals surface area contributed by atoms with Crippen LogP contribution in [-0.2, 0) is 119 Å². The molecule has 37 nitrogen and oxygen atoms in total. The molecule has 0 radical (unpaired) electrons. The highest BCUT2D eigenvalue weighted by molar-refractivity contribution is 7.91. The largest absolute Gasteiger partial charge is 0.394 e. The van der Waals surface area contributed by atoms with E-state index >= 15 is 0 Å². The lowest BCUT2D eigenvalue weighted by atomic mass is 9.83. The van der Waals surface area contributed by atoms with E-state index in [1.807, 2.05) is 91.2 Å². The lowest BCUT2D eigenvalue weighted by Crippen LogP contribution is -2.40. The molecule has 0 aliphatic heterocycles. The Kier molecular flexibility index (Phi) is 39.1. The van der Waals surface area contributed by atoms with Crippen LogP contribution in [0.25, 0.3) is 68.2 Å². The number of nitrogens with one attached hydrogen (secondary N) is 4. The molecule has 5 N–H and O–H groups in total. The van der Waals surface area contributed by atoms with Crippen LogP contribution in [-0.4, -0.2) is 205 Å². The molecule has 0 amide bonds. The van der Waals surface area contributed by atoms with Crippen molar-refractivity contribution in [1.29, 1.82) is 0 Å². The Bertz CT molecular complexity index is 6700. The van der Waals surface area contributed by atoms with Crippen LogP contribution < -0.4 is 9.44 Å². The summed E-state index contributed by atoms with van der Waals surface area (Å²) < 4.78 is 158. The first-order valence-corrected chi connectivity index (χ1v) is 61.7. The third-order valence-corrected chi connectivity index (χ3v) is 35.6. The molecule has 6 aliphatic rings. The number of aromatic nitrogens is 21. The Labute approximate surface area is 860 Å². The van der Waals surface area contributed by atoms with E-state index in [1.54, 1.807) is 91.4 Å². The van der Waals surface area contributed by atoms with E-state index < -0.39 is 70.5 Å². The van der Waals surface area contributed by atoms with Gasteiger partial charge < -0.3 is 9.63 Å². The first kappa shape index (κ1) is 113. The summed E-state index contributed by atoms with van der Waals surface area (Å²) in [5.41, 5.74) is 10.8. The van der Waals surface area contributed by atoms with E-state index in [9.17, 15) is 50.5 Å². The third kappa shape index (κ3) is 33.5. The topological polar surface area (TPSA) is 515 Å². The first-order chi connectivity index (χ1) is 69.3. The van der Waals surface area contributed by atoms with Gasteiger partial charge in [-0.15, -0.1) is 45.9 Å². The number of hydrogen-bond acceptors (Lipinski definition) is 30. The van der Waals surface area contributed by atoms with E-state index in [0.29, 0.717) is 95.7 Å². The Balaban J connectivity index is 0.000000147. The van der Waals surface area contributed by atoms with Gasteiger partial charge in [0.25, 0.3) is 0 Å². The van der Waals surface area contributed by atoms with Gasteiger partial charge in [0.05, 0.1) is 55.8 Å². The molecule has 6 aliphatic carbocycles. The van der Waals surface area contributed by atoms with Crippen LogP contribution in [0.15, 0.2) is 149 Å². The molecular weight excluding hydrogens is 1980 g/mol. The van der Waals surface area contributed by atoms with Crippen molar-refractivity contribution < 1.29 is 60.1 Å². The van der Waals surface area contributed by atoms with E-state index in [-0.39, 0.29) is 22.9 Å². The molecule has 0 unspecified atom stereocenters. The molecule has 0 saturated heterocycles. The normalized spacial score (nSPS) is 16.6. The highest BCUT2D eigenvalue weighted by Crippen LogP contribution is 2.41. The number of sulfonamides is 2. The average molecular weight is 2120 g/mol. The molecule has 18 rings (SSSR count). The number of aromatic amines is 2. The van der Waals surface area contributed by atoms with Crippen molar-refractivity contribution in [2.24, 2.45) is 49.6 Å². The first-order valence-electron chi connectivity index (χ1n) is 51.2. The van der Waals surface area contributed by atoms with Gasteiger partial charge >= 0.3 is 0 Å². The van der Waals surface area contributed by atoms with Crippen molar-refractivity contribution in [2.75, 3.05) is 31.6 Å². The summed E-state index contributed by atoms with van der Waals surface area (Å²) >= 11 is 0. The monoisotopic (exact) mass is 2120 g/mol.